The molecule has 0 spiro atoms. The number of carbonyl (C=O) groups is 1. The first-order valence-electron chi connectivity index (χ1n) is 8.73. The highest BCUT2D eigenvalue weighted by Gasteiger charge is 2.29. The van der Waals surface area contributed by atoms with E-state index in [2.05, 4.69) is 10.1 Å². The van der Waals surface area contributed by atoms with E-state index >= 15 is 0 Å². The second-order valence-corrected chi connectivity index (χ2v) is 6.69. The number of aryl methyl sites for hydroxylation is 2. The summed E-state index contributed by atoms with van der Waals surface area (Å²) in [5, 5.41) is 4.50. The number of aromatic nitrogens is 3. The van der Waals surface area contributed by atoms with Crippen molar-refractivity contribution in [3.8, 4) is 5.75 Å². The Hall–Kier alpha value is -2.63. The summed E-state index contributed by atoms with van der Waals surface area (Å²) in [6, 6.07) is 7.99. The molecule has 4 rings (SSSR count). The van der Waals surface area contributed by atoms with E-state index < -0.39 is 0 Å². The zero-order valence-electron chi connectivity index (χ0n) is 14.6. The number of ether oxygens (including phenoxy) is 1. The molecule has 6 nitrogen and oxygen atoms in total. The van der Waals surface area contributed by atoms with Crippen molar-refractivity contribution in [2.45, 2.75) is 32.7 Å². The number of benzene rings is 1. The lowest BCUT2D eigenvalue weighted by Gasteiger charge is -2.34. The number of amides is 1. The smallest absolute Gasteiger partial charge is 0.253 e. The summed E-state index contributed by atoms with van der Waals surface area (Å²) < 4.78 is 7.71. The largest absolute Gasteiger partial charge is 0.488 e. The van der Waals surface area contributed by atoms with Gasteiger partial charge >= 0.3 is 0 Å². The minimum atomic E-state index is 0.0636. The molecule has 25 heavy (non-hydrogen) atoms. The molecule has 1 aromatic carbocycles. The summed E-state index contributed by atoms with van der Waals surface area (Å²) in [5.74, 6) is 2.59. The average Bonchev–Trinajstić information content (AvgIpc) is 2.99. The maximum atomic E-state index is 13.0. The number of likely N-dealkylation sites (tertiary alicyclic amines) is 1. The highest BCUT2D eigenvalue weighted by molar-refractivity contribution is 5.99. The Kier molecular flexibility index (Phi) is 4.03. The van der Waals surface area contributed by atoms with Gasteiger partial charge in [-0.1, -0.05) is 18.2 Å². The van der Waals surface area contributed by atoms with Crippen molar-refractivity contribution in [1.82, 2.24) is 19.7 Å². The van der Waals surface area contributed by atoms with E-state index in [1.54, 1.807) is 0 Å². The number of rotatable bonds is 2. The number of piperidine rings is 1. The number of hydrogen-bond donors (Lipinski definition) is 0. The van der Waals surface area contributed by atoms with Crippen molar-refractivity contribution >= 4 is 12.0 Å². The quantitative estimate of drug-likeness (QED) is 0.844. The fraction of sp³-hybridized carbons (Fsp3) is 0.421. The number of carbonyl (C=O) groups excluding carboxylic acids is 1. The molecule has 0 aliphatic carbocycles. The van der Waals surface area contributed by atoms with Crippen LogP contribution in [0, 0.1) is 13.8 Å². The summed E-state index contributed by atoms with van der Waals surface area (Å²) in [6.07, 6.45) is 3.95. The van der Waals surface area contributed by atoms with Gasteiger partial charge in [0.05, 0.1) is 11.6 Å². The fourth-order valence-electron chi connectivity index (χ4n) is 3.66. The molecule has 2 aliphatic heterocycles. The molecule has 0 bridgehead atoms. The molecular formula is C19H22N4O2. The van der Waals surface area contributed by atoms with Crippen molar-refractivity contribution in [2.24, 2.45) is 0 Å². The maximum Gasteiger partial charge on any atom is 0.253 e. The zero-order chi connectivity index (χ0) is 17.4. The molecule has 1 saturated heterocycles. The van der Waals surface area contributed by atoms with E-state index in [0.717, 1.165) is 42.3 Å². The average molecular weight is 338 g/mol. The summed E-state index contributed by atoms with van der Waals surface area (Å²) >= 11 is 0. The number of nitrogens with zero attached hydrogens (tertiary/aromatic N) is 4. The molecule has 1 aromatic heterocycles. The number of hydrogen-bond acceptors (Lipinski definition) is 4. The van der Waals surface area contributed by atoms with E-state index in [4.69, 9.17) is 4.74 Å². The second kappa shape index (κ2) is 6.35. The second-order valence-electron chi connectivity index (χ2n) is 6.69. The van der Waals surface area contributed by atoms with Crippen LogP contribution in [0.5, 0.6) is 5.75 Å². The van der Waals surface area contributed by atoms with Crippen molar-refractivity contribution in [2.75, 3.05) is 19.7 Å². The van der Waals surface area contributed by atoms with Gasteiger partial charge in [0.2, 0.25) is 0 Å². The normalized spacial score (nSPS) is 19.8. The van der Waals surface area contributed by atoms with E-state index in [0.29, 0.717) is 18.7 Å². The van der Waals surface area contributed by atoms with Gasteiger partial charge < -0.3 is 9.64 Å². The van der Waals surface area contributed by atoms with Gasteiger partial charge in [-0.25, -0.2) is 9.67 Å². The van der Waals surface area contributed by atoms with Crippen LogP contribution in [0.15, 0.2) is 29.8 Å². The lowest BCUT2D eigenvalue weighted by Crippen LogP contribution is -2.42. The predicted molar refractivity (Wildman–Crippen MR) is 94.3 cm³/mol. The van der Waals surface area contributed by atoms with Crippen LogP contribution in [-0.2, 0) is 4.79 Å². The summed E-state index contributed by atoms with van der Waals surface area (Å²) in [6.45, 7) is 5.65. The van der Waals surface area contributed by atoms with Crippen LogP contribution >= 0.6 is 0 Å². The lowest BCUT2D eigenvalue weighted by atomic mass is 10.0. The third-order valence-electron chi connectivity index (χ3n) is 4.84. The molecule has 1 amide bonds. The van der Waals surface area contributed by atoms with Crippen LogP contribution in [0.2, 0.25) is 0 Å². The molecule has 1 atom stereocenters. The van der Waals surface area contributed by atoms with Gasteiger partial charge in [0.1, 0.15) is 24.0 Å². The third kappa shape index (κ3) is 3.04. The minimum Gasteiger partial charge on any atom is -0.488 e. The van der Waals surface area contributed by atoms with Gasteiger partial charge in [-0.3, -0.25) is 4.79 Å². The van der Waals surface area contributed by atoms with E-state index in [-0.39, 0.29) is 11.9 Å². The monoisotopic (exact) mass is 338 g/mol. The molecule has 3 heterocycles. The Labute approximate surface area is 147 Å². The topological polar surface area (TPSA) is 60.2 Å². The standard InChI is InChI=1S/C19H22N4O2/c1-13-20-14(2)23(21-13)17-7-5-9-22(11-17)19(24)16-10-15-6-3-4-8-18(15)25-12-16/h3-4,6,8,10,17H,5,7,9,11-12H2,1-2H3/t17-/m0/s1. The van der Waals surface area contributed by atoms with Crippen LogP contribution in [0.1, 0.15) is 36.1 Å². The Bertz CT molecular complexity index is 840. The Balaban J connectivity index is 1.53. The van der Waals surface area contributed by atoms with Gasteiger partial charge in [-0.05, 0) is 38.8 Å². The summed E-state index contributed by atoms with van der Waals surface area (Å²) in [7, 11) is 0. The van der Waals surface area contributed by atoms with Gasteiger partial charge in [-0.2, -0.15) is 5.10 Å². The first-order valence-corrected chi connectivity index (χ1v) is 8.73. The number of para-hydroxylation sites is 1. The Morgan fingerprint density at radius 3 is 2.92 bits per heavy atom. The van der Waals surface area contributed by atoms with Crippen molar-refractivity contribution in [1.29, 1.82) is 0 Å². The molecule has 0 unspecified atom stereocenters. The van der Waals surface area contributed by atoms with Gasteiger partial charge in [-0.15, -0.1) is 0 Å². The SMILES string of the molecule is Cc1nc(C)n([C@H]2CCCN(C(=O)C3=Cc4ccccc4OC3)C2)n1. The predicted octanol–water partition coefficient (Wildman–Crippen LogP) is 2.53. The highest BCUT2D eigenvalue weighted by atomic mass is 16.5. The summed E-state index contributed by atoms with van der Waals surface area (Å²) in [4.78, 5) is 19.3. The molecule has 130 valence electrons. The zero-order valence-corrected chi connectivity index (χ0v) is 14.6. The Morgan fingerprint density at radius 1 is 1.28 bits per heavy atom. The summed E-state index contributed by atoms with van der Waals surface area (Å²) in [5.41, 5.74) is 1.68. The van der Waals surface area contributed by atoms with E-state index in [1.807, 2.05) is 53.8 Å². The highest BCUT2D eigenvalue weighted by Crippen LogP contribution is 2.28. The molecule has 0 radical (unpaired) electrons. The van der Waals surface area contributed by atoms with Crippen LogP contribution in [-0.4, -0.2) is 45.3 Å². The minimum absolute atomic E-state index is 0.0636. The first-order chi connectivity index (χ1) is 12.1. The fourth-order valence-corrected chi connectivity index (χ4v) is 3.66. The molecule has 2 aromatic rings. The molecule has 0 N–H and O–H groups in total. The van der Waals surface area contributed by atoms with E-state index in [1.165, 1.54) is 0 Å². The van der Waals surface area contributed by atoms with Crippen LogP contribution < -0.4 is 4.74 Å². The molecule has 2 aliphatic rings. The third-order valence-corrected chi connectivity index (χ3v) is 4.84. The van der Waals surface area contributed by atoms with Gasteiger partial charge in [0, 0.05) is 18.7 Å². The molecule has 6 heteroatoms. The van der Waals surface area contributed by atoms with E-state index in [9.17, 15) is 4.79 Å². The van der Waals surface area contributed by atoms with Gasteiger partial charge in [0.15, 0.2) is 0 Å². The maximum absolute atomic E-state index is 13.0. The molecular weight excluding hydrogens is 316 g/mol. The van der Waals surface area contributed by atoms with Crippen molar-refractivity contribution < 1.29 is 9.53 Å². The lowest BCUT2D eigenvalue weighted by molar-refractivity contribution is -0.129. The van der Waals surface area contributed by atoms with Crippen molar-refractivity contribution in [3.05, 3.63) is 47.1 Å². The van der Waals surface area contributed by atoms with Gasteiger partial charge in [0.25, 0.3) is 5.91 Å². The Morgan fingerprint density at radius 2 is 2.12 bits per heavy atom. The molecule has 1 fully saturated rings. The van der Waals surface area contributed by atoms with Crippen LogP contribution in [0.3, 0.4) is 0 Å². The van der Waals surface area contributed by atoms with Crippen LogP contribution in [0.25, 0.3) is 6.08 Å². The first kappa shape index (κ1) is 15.9. The van der Waals surface area contributed by atoms with Crippen molar-refractivity contribution in [3.63, 3.8) is 0 Å². The van der Waals surface area contributed by atoms with Crippen LogP contribution in [0.4, 0.5) is 0 Å². The molecule has 0 saturated carbocycles. The number of fused-ring (bicyclic) bond motifs is 1.